The zero-order valence-electron chi connectivity index (χ0n) is 15.5. The van der Waals surface area contributed by atoms with E-state index in [1.807, 2.05) is 53.9 Å². The van der Waals surface area contributed by atoms with Gasteiger partial charge in [0, 0.05) is 18.1 Å². The molecular formula is C20H22N6S2. The van der Waals surface area contributed by atoms with E-state index in [2.05, 4.69) is 30.2 Å². The lowest BCUT2D eigenvalue weighted by atomic mass is 10.2. The number of thiazole rings is 2. The van der Waals surface area contributed by atoms with Crippen molar-refractivity contribution < 1.29 is 0 Å². The molecule has 2 aromatic heterocycles. The monoisotopic (exact) mass is 410 g/mol. The van der Waals surface area contributed by atoms with Gasteiger partial charge in [0.2, 0.25) is 0 Å². The number of aromatic nitrogens is 2. The average molecular weight is 411 g/mol. The summed E-state index contributed by atoms with van der Waals surface area (Å²) in [4.78, 5) is 13.3. The van der Waals surface area contributed by atoms with Crippen molar-refractivity contribution in [1.82, 2.24) is 25.5 Å². The Bertz CT molecular complexity index is 991. The number of hydrogen-bond acceptors (Lipinski definition) is 8. The van der Waals surface area contributed by atoms with Crippen LogP contribution in [-0.4, -0.2) is 21.0 Å². The first-order valence-corrected chi connectivity index (χ1v) is 10.7. The van der Waals surface area contributed by atoms with E-state index in [9.17, 15) is 0 Å². The maximum absolute atomic E-state index is 6.27. The Morgan fingerprint density at radius 1 is 1.32 bits per heavy atom. The van der Waals surface area contributed by atoms with E-state index in [1.54, 1.807) is 11.3 Å². The molecule has 0 spiro atoms. The second kappa shape index (κ2) is 8.14. The number of hydrogen-bond donors (Lipinski definition) is 3. The van der Waals surface area contributed by atoms with Crippen LogP contribution in [0.25, 0.3) is 15.4 Å². The van der Waals surface area contributed by atoms with Crippen LogP contribution in [0.5, 0.6) is 0 Å². The number of allylic oxidation sites excluding steroid dienone is 5. The van der Waals surface area contributed by atoms with Crippen molar-refractivity contribution >= 4 is 38.0 Å². The van der Waals surface area contributed by atoms with Gasteiger partial charge in [0.15, 0.2) is 9.66 Å². The lowest BCUT2D eigenvalue weighted by molar-refractivity contribution is 0.445. The zero-order chi connectivity index (χ0) is 19.5. The molecule has 2 aromatic rings. The quantitative estimate of drug-likeness (QED) is 0.669. The zero-order valence-corrected chi connectivity index (χ0v) is 17.1. The molecule has 8 heteroatoms. The normalized spacial score (nSPS) is 20.2. The van der Waals surface area contributed by atoms with Gasteiger partial charge in [-0.3, -0.25) is 5.32 Å². The van der Waals surface area contributed by atoms with Gasteiger partial charge in [0.1, 0.15) is 10.0 Å². The predicted molar refractivity (Wildman–Crippen MR) is 118 cm³/mol. The Hall–Kier alpha value is -2.68. The minimum Gasteiger partial charge on any atom is -0.395 e. The minimum atomic E-state index is 0.110. The van der Waals surface area contributed by atoms with Crippen molar-refractivity contribution in [3.05, 3.63) is 77.3 Å². The van der Waals surface area contributed by atoms with Crippen LogP contribution >= 0.6 is 22.7 Å². The molecule has 2 aliphatic rings. The van der Waals surface area contributed by atoms with Crippen molar-refractivity contribution in [2.45, 2.75) is 25.6 Å². The standard InChI is InChI=1S/C20H22N6S2/c1-3-15(23-16-9-4-6-10-22-16)18-25-20-19(28-18)24-17(27-20)14(21)12-26-11-7-5-8-13(26)2/h4-12,15-16,22-23H,2-3,21H2,1H3/b14-12-. The SMILES string of the molecule is C=C1C=CC=CN1/C=C(\N)c1nc2sc(C(CC)NC3C=CC=CN3)nc2s1. The van der Waals surface area contributed by atoms with Crippen molar-refractivity contribution in [1.29, 1.82) is 0 Å². The number of nitrogens with zero attached hydrogens (tertiary/aromatic N) is 3. The van der Waals surface area contributed by atoms with Crippen LogP contribution in [0.1, 0.15) is 29.4 Å². The van der Waals surface area contributed by atoms with E-state index < -0.39 is 0 Å². The molecule has 6 nitrogen and oxygen atoms in total. The fourth-order valence-electron chi connectivity index (χ4n) is 2.88. The highest BCUT2D eigenvalue weighted by molar-refractivity contribution is 7.26. The molecular weight excluding hydrogens is 388 g/mol. The van der Waals surface area contributed by atoms with Crippen LogP contribution in [0.15, 0.2) is 67.3 Å². The summed E-state index contributed by atoms with van der Waals surface area (Å²) in [6, 6.07) is 0.171. The van der Waals surface area contributed by atoms with Crippen molar-refractivity contribution in [3.8, 4) is 0 Å². The summed E-state index contributed by atoms with van der Waals surface area (Å²) in [5.74, 6) is 0. The molecule has 0 aromatic carbocycles. The molecule has 28 heavy (non-hydrogen) atoms. The Balaban J connectivity index is 1.51. The van der Waals surface area contributed by atoms with Crippen molar-refractivity contribution in [2.75, 3.05) is 0 Å². The van der Waals surface area contributed by atoms with Gasteiger partial charge in [0.25, 0.3) is 0 Å². The third kappa shape index (κ3) is 3.94. The van der Waals surface area contributed by atoms with Gasteiger partial charge in [0.05, 0.1) is 17.9 Å². The number of fused-ring (bicyclic) bond motifs is 1. The van der Waals surface area contributed by atoms with Crippen LogP contribution < -0.4 is 16.4 Å². The number of dihydropyridines is 1. The molecule has 0 saturated heterocycles. The number of rotatable bonds is 6. The van der Waals surface area contributed by atoms with Crippen LogP contribution in [0.2, 0.25) is 0 Å². The van der Waals surface area contributed by atoms with E-state index in [1.165, 1.54) is 11.3 Å². The minimum absolute atomic E-state index is 0.110. The summed E-state index contributed by atoms with van der Waals surface area (Å²) in [5, 5.41) is 8.69. The fraction of sp³-hybridized carbons (Fsp3) is 0.200. The molecule has 0 amide bonds. The van der Waals surface area contributed by atoms with E-state index in [-0.39, 0.29) is 12.2 Å². The Morgan fingerprint density at radius 2 is 2.18 bits per heavy atom. The highest BCUT2D eigenvalue weighted by Crippen LogP contribution is 2.33. The van der Waals surface area contributed by atoms with Gasteiger partial charge >= 0.3 is 0 Å². The van der Waals surface area contributed by atoms with E-state index in [4.69, 9.17) is 15.7 Å². The van der Waals surface area contributed by atoms with E-state index in [0.29, 0.717) is 5.70 Å². The highest BCUT2D eigenvalue weighted by atomic mass is 32.1. The summed E-state index contributed by atoms with van der Waals surface area (Å²) >= 11 is 3.14. The van der Waals surface area contributed by atoms with Gasteiger partial charge in [-0.2, -0.15) is 0 Å². The topological polar surface area (TPSA) is 79.1 Å². The molecule has 2 aliphatic heterocycles. The second-order valence-electron chi connectivity index (χ2n) is 6.38. The molecule has 4 rings (SSSR count). The fourth-order valence-corrected chi connectivity index (χ4v) is 5.00. The number of nitrogens with two attached hydrogens (primary N) is 1. The lowest BCUT2D eigenvalue weighted by Crippen LogP contribution is -2.40. The first-order chi connectivity index (χ1) is 13.6. The third-order valence-corrected chi connectivity index (χ3v) is 6.56. The number of nitrogens with one attached hydrogen (secondary N) is 2. The summed E-state index contributed by atoms with van der Waals surface area (Å²) in [6.45, 7) is 6.16. The first kappa shape index (κ1) is 18.7. The molecule has 0 radical (unpaired) electrons. The van der Waals surface area contributed by atoms with Crippen molar-refractivity contribution in [2.24, 2.45) is 5.73 Å². The Labute approximate surface area is 172 Å². The molecule has 2 atom stereocenters. The van der Waals surface area contributed by atoms with Gasteiger partial charge in [-0.1, -0.05) is 48.3 Å². The maximum Gasteiger partial charge on any atom is 0.155 e. The molecule has 0 bridgehead atoms. The van der Waals surface area contributed by atoms with Gasteiger partial charge in [-0.15, -0.1) is 0 Å². The van der Waals surface area contributed by atoms with Gasteiger partial charge in [-0.05, 0) is 36.9 Å². The van der Waals surface area contributed by atoms with Crippen LogP contribution in [0.4, 0.5) is 0 Å². The van der Waals surface area contributed by atoms with Crippen LogP contribution in [0.3, 0.4) is 0 Å². The molecule has 0 aliphatic carbocycles. The predicted octanol–water partition coefficient (Wildman–Crippen LogP) is 3.95. The Kier molecular flexibility index (Phi) is 5.43. The molecule has 144 valence electrons. The summed E-state index contributed by atoms with van der Waals surface area (Å²) < 4.78 is 0. The average Bonchev–Trinajstić information content (AvgIpc) is 3.28. The molecule has 0 saturated carbocycles. The molecule has 2 unspecified atom stereocenters. The Morgan fingerprint density at radius 3 is 2.89 bits per heavy atom. The van der Waals surface area contributed by atoms with Crippen molar-refractivity contribution in [3.63, 3.8) is 0 Å². The third-order valence-electron chi connectivity index (χ3n) is 4.37. The molecule has 0 fully saturated rings. The van der Waals surface area contributed by atoms with E-state index >= 15 is 0 Å². The summed E-state index contributed by atoms with van der Waals surface area (Å²) in [5.41, 5.74) is 7.73. The van der Waals surface area contributed by atoms with Crippen LogP contribution in [-0.2, 0) is 0 Å². The highest BCUT2D eigenvalue weighted by Gasteiger charge is 2.20. The van der Waals surface area contributed by atoms with Gasteiger partial charge < -0.3 is 16.0 Å². The maximum atomic E-state index is 6.27. The molecule has 4 N–H and O–H groups in total. The lowest BCUT2D eigenvalue weighted by Gasteiger charge is -2.22. The second-order valence-corrected chi connectivity index (χ2v) is 8.37. The smallest absolute Gasteiger partial charge is 0.155 e. The molecule has 4 heterocycles. The van der Waals surface area contributed by atoms with E-state index in [0.717, 1.165) is 31.8 Å². The van der Waals surface area contributed by atoms with Gasteiger partial charge in [-0.25, -0.2) is 9.97 Å². The summed E-state index contributed by atoms with van der Waals surface area (Å²) in [6.07, 6.45) is 18.7. The van der Waals surface area contributed by atoms with Crippen LogP contribution in [0, 0.1) is 0 Å². The summed E-state index contributed by atoms with van der Waals surface area (Å²) in [7, 11) is 0. The first-order valence-electron chi connectivity index (χ1n) is 9.06. The largest absolute Gasteiger partial charge is 0.395 e.